The van der Waals surface area contributed by atoms with Gasteiger partial charge in [-0.15, -0.1) is 11.6 Å². The summed E-state index contributed by atoms with van der Waals surface area (Å²) in [5, 5.41) is 0. The highest BCUT2D eigenvalue weighted by Crippen LogP contribution is 2.05. The van der Waals surface area contributed by atoms with Gasteiger partial charge in [0.1, 0.15) is 0 Å². The molecular weight excluding hydrogens is 172 g/mol. The summed E-state index contributed by atoms with van der Waals surface area (Å²) in [6, 6.07) is 0. The molecule has 1 heterocycles. The molecule has 0 amide bonds. The van der Waals surface area contributed by atoms with Crippen LogP contribution in [0.3, 0.4) is 0 Å². The zero-order valence-corrected chi connectivity index (χ0v) is 8.38. The molecule has 1 aromatic heterocycles. The Morgan fingerprint density at radius 2 is 2.33 bits per heavy atom. The predicted molar refractivity (Wildman–Crippen MR) is 51.2 cm³/mol. The summed E-state index contributed by atoms with van der Waals surface area (Å²) >= 11 is 5.63. The molecule has 0 aliphatic rings. The number of nitrogens with zero attached hydrogens (tertiary/aromatic N) is 2. The number of aromatic nitrogens is 2. The molecule has 0 aromatic carbocycles. The van der Waals surface area contributed by atoms with Gasteiger partial charge in [0.05, 0.1) is 17.9 Å². The average molecular weight is 187 g/mol. The first-order valence-electron chi connectivity index (χ1n) is 4.29. The molecule has 0 saturated heterocycles. The van der Waals surface area contributed by atoms with Crippen molar-refractivity contribution in [1.29, 1.82) is 0 Å². The fourth-order valence-electron chi connectivity index (χ4n) is 1.00. The predicted octanol–water partition coefficient (Wildman–Crippen LogP) is 2.67. The Labute approximate surface area is 78.6 Å². The summed E-state index contributed by atoms with van der Waals surface area (Å²) in [6.45, 7) is 5.49. The quantitative estimate of drug-likeness (QED) is 0.662. The standard InChI is InChI=1S/C9H15ClN2/c1-8(2)3-4-12-6-9(5-10)11-7-12/h6-8H,3-5H2,1-2H3. The van der Waals surface area contributed by atoms with Crippen molar-refractivity contribution in [1.82, 2.24) is 9.55 Å². The number of aryl methyl sites for hydroxylation is 1. The highest BCUT2D eigenvalue weighted by molar-refractivity contribution is 6.16. The van der Waals surface area contributed by atoms with Gasteiger partial charge in [-0.05, 0) is 12.3 Å². The second kappa shape index (κ2) is 4.51. The van der Waals surface area contributed by atoms with E-state index >= 15 is 0 Å². The molecule has 68 valence electrons. The SMILES string of the molecule is CC(C)CCn1cnc(CCl)c1. The number of hydrogen-bond donors (Lipinski definition) is 0. The van der Waals surface area contributed by atoms with Crippen molar-refractivity contribution in [3.8, 4) is 0 Å². The monoisotopic (exact) mass is 186 g/mol. The largest absolute Gasteiger partial charge is 0.337 e. The first kappa shape index (κ1) is 9.59. The molecule has 0 spiro atoms. The van der Waals surface area contributed by atoms with Gasteiger partial charge in [-0.2, -0.15) is 0 Å². The van der Waals surface area contributed by atoms with Crippen molar-refractivity contribution in [3.63, 3.8) is 0 Å². The van der Waals surface area contributed by atoms with Crippen molar-refractivity contribution < 1.29 is 0 Å². The Balaban J connectivity index is 2.41. The van der Waals surface area contributed by atoms with Gasteiger partial charge >= 0.3 is 0 Å². The van der Waals surface area contributed by atoms with Crippen LogP contribution >= 0.6 is 11.6 Å². The zero-order chi connectivity index (χ0) is 8.97. The zero-order valence-electron chi connectivity index (χ0n) is 7.63. The lowest BCUT2D eigenvalue weighted by Crippen LogP contribution is -1.98. The second-order valence-corrected chi connectivity index (χ2v) is 3.69. The Morgan fingerprint density at radius 3 is 2.83 bits per heavy atom. The maximum absolute atomic E-state index is 5.63. The minimum Gasteiger partial charge on any atom is -0.337 e. The van der Waals surface area contributed by atoms with Crippen molar-refractivity contribution in [2.75, 3.05) is 0 Å². The second-order valence-electron chi connectivity index (χ2n) is 3.42. The van der Waals surface area contributed by atoms with Crippen molar-refractivity contribution in [2.24, 2.45) is 5.92 Å². The van der Waals surface area contributed by atoms with E-state index in [2.05, 4.69) is 23.4 Å². The minimum absolute atomic E-state index is 0.509. The molecule has 12 heavy (non-hydrogen) atoms. The molecule has 0 radical (unpaired) electrons. The number of hydrogen-bond acceptors (Lipinski definition) is 1. The van der Waals surface area contributed by atoms with E-state index in [-0.39, 0.29) is 0 Å². The molecule has 0 atom stereocenters. The van der Waals surface area contributed by atoms with Crippen LogP contribution in [0.15, 0.2) is 12.5 Å². The van der Waals surface area contributed by atoms with Crippen LogP contribution in [0.25, 0.3) is 0 Å². The molecular formula is C9H15ClN2. The van der Waals surface area contributed by atoms with Gasteiger partial charge in [0.25, 0.3) is 0 Å². The normalized spacial score (nSPS) is 11.0. The fourth-order valence-corrected chi connectivity index (χ4v) is 1.14. The Bertz CT molecular complexity index is 230. The highest BCUT2D eigenvalue weighted by atomic mass is 35.5. The molecule has 0 N–H and O–H groups in total. The van der Waals surface area contributed by atoms with E-state index in [1.54, 1.807) is 0 Å². The van der Waals surface area contributed by atoms with Crippen LogP contribution in [0, 0.1) is 5.92 Å². The van der Waals surface area contributed by atoms with Crippen LogP contribution in [-0.4, -0.2) is 9.55 Å². The first-order valence-corrected chi connectivity index (χ1v) is 4.82. The van der Waals surface area contributed by atoms with E-state index in [0.717, 1.165) is 18.2 Å². The number of halogens is 1. The van der Waals surface area contributed by atoms with Crippen LogP contribution in [0.4, 0.5) is 0 Å². The summed E-state index contributed by atoms with van der Waals surface area (Å²) in [6.07, 6.45) is 5.05. The molecule has 2 nitrogen and oxygen atoms in total. The molecule has 1 rings (SSSR count). The van der Waals surface area contributed by atoms with E-state index in [4.69, 9.17) is 11.6 Å². The van der Waals surface area contributed by atoms with Crippen LogP contribution in [0.5, 0.6) is 0 Å². The topological polar surface area (TPSA) is 17.8 Å². The van der Waals surface area contributed by atoms with E-state index in [1.807, 2.05) is 12.5 Å². The molecule has 0 aliphatic carbocycles. The third-order valence-electron chi connectivity index (χ3n) is 1.79. The van der Waals surface area contributed by atoms with Crippen LogP contribution in [0.1, 0.15) is 26.0 Å². The van der Waals surface area contributed by atoms with Gasteiger partial charge in [0, 0.05) is 12.7 Å². The fraction of sp³-hybridized carbons (Fsp3) is 0.667. The summed E-state index contributed by atoms with van der Waals surface area (Å²) in [4.78, 5) is 4.14. The highest BCUT2D eigenvalue weighted by Gasteiger charge is 1.98. The van der Waals surface area contributed by atoms with Crippen molar-refractivity contribution in [3.05, 3.63) is 18.2 Å². The van der Waals surface area contributed by atoms with Crippen LogP contribution in [0.2, 0.25) is 0 Å². The van der Waals surface area contributed by atoms with Gasteiger partial charge in [-0.3, -0.25) is 0 Å². The molecule has 0 saturated carbocycles. The summed E-state index contributed by atoms with van der Waals surface area (Å²) in [5.74, 6) is 1.25. The van der Waals surface area contributed by atoms with E-state index < -0.39 is 0 Å². The molecule has 1 aromatic rings. The van der Waals surface area contributed by atoms with Crippen LogP contribution < -0.4 is 0 Å². The van der Waals surface area contributed by atoms with Gasteiger partial charge in [0.15, 0.2) is 0 Å². The first-order chi connectivity index (χ1) is 5.72. The van der Waals surface area contributed by atoms with Gasteiger partial charge in [0.2, 0.25) is 0 Å². The lowest BCUT2D eigenvalue weighted by atomic mass is 10.1. The van der Waals surface area contributed by atoms with E-state index in [9.17, 15) is 0 Å². The molecule has 0 bridgehead atoms. The number of alkyl halides is 1. The molecule has 0 aliphatic heterocycles. The Hall–Kier alpha value is -0.500. The lowest BCUT2D eigenvalue weighted by molar-refractivity contribution is 0.516. The summed E-state index contributed by atoms with van der Waals surface area (Å²) in [7, 11) is 0. The third-order valence-corrected chi connectivity index (χ3v) is 2.06. The summed E-state index contributed by atoms with van der Waals surface area (Å²) < 4.78 is 2.09. The van der Waals surface area contributed by atoms with Crippen LogP contribution in [-0.2, 0) is 12.4 Å². The third kappa shape index (κ3) is 2.86. The smallest absolute Gasteiger partial charge is 0.0949 e. The van der Waals surface area contributed by atoms with E-state index in [0.29, 0.717) is 5.88 Å². The molecule has 0 fully saturated rings. The Morgan fingerprint density at radius 1 is 1.58 bits per heavy atom. The van der Waals surface area contributed by atoms with Gasteiger partial charge < -0.3 is 4.57 Å². The Kier molecular flexibility index (Phi) is 3.60. The molecule has 0 unspecified atom stereocenters. The summed E-state index contributed by atoms with van der Waals surface area (Å²) in [5.41, 5.74) is 0.959. The number of rotatable bonds is 4. The van der Waals surface area contributed by atoms with Gasteiger partial charge in [-0.1, -0.05) is 13.8 Å². The maximum atomic E-state index is 5.63. The lowest BCUT2D eigenvalue weighted by Gasteiger charge is -2.03. The van der Waals surface area contributed by atoms with Gasteiger partial charge in [-0.25, -0.2) is 4.98 Å². The van der Waals surface area contributed by atoms with Crippen molar-refractivity contribution >= 4 is 11.6 Å². The van der Waals surface area contributed by atoms with Crippen molar-refractivity contribution in [2.45, 2.75) is 32.7 Å². The maximum Gasteiger partial charge on any atom is 0.0949 e. The average Bonchev–Trinajstić information content (AvgIpc) is 2.48. The number of imidazole rings is 1. The minimum atomic E-state index is 0.509. The molecule has 3 heteroatoms. The van der Waals surface area contributed by atoms with E-state index in [1.165, 1.54) is 6.42 Å².